The summed E-state index contributed by atoms with van der Waals surface area (Å²) in [6, 6.07) is -0.253. The van der Waals surface area contributed by atoms with E-state index in [0.717, 1.165) is 12.3 Å². The van der Waals surface area contributed by atoms with E-state index in [9.17, 15) is 9.59 Å². The van der Waals surface area contributed by atoms with E-state index < -0.39 is 11.9 Å². The normalized spacial score (nSPS) is 16.9. The lowest BCUT2D eigenvalue weighted by atomic mass is 9.97. The zero-order chi connectivity index (χ0) is 15.7. The molecule has 0 saturated heterocycles. The van der Waals surface area contributed by atoms with E-state index in [4.69, 9.17) is 5.11 Å². The van der Waals surface area contributed by atoms with Gasteiger partial charge in [-0.2, -0.15) is 0 Å². The first-order valence-corrected chi connectivity index (χ1v) is 8.23. The Morgan fingerprint density at radius 3 is 2.43 bits per heavy atom. The van der Waals surface area contributed by atoms with Gasteiger partial charge in [-0.15, -0.1) is 0 Å². The van der Waals surface area contributed by atoms with E-state index in [1.165, 1.54) is 32.1 Å². The second-order valence-corrected chi connectivity index (χ2v) is 6.59. The Bertz CT molecular complexity index is 325. The molecule has 3 N–H and O–H groups in total. The number of amides is 2. The molecule has 1 rings (SSSR count). The van der Waals surface area contributed by atoms with Crippen molar-refractivity contribution in [3.05, 3.63) is 0 Å². The van der Waals surface area contributed by atoms with Crippen LogP contribution in [0.4, 0.5) is 4.79 Å². The first-order chi connectivity index (χ1) is 9.99. The highest BCUT2D eigenvalue weighted by Gasteiger charge is 2.19. The SMILES string of the molecule is CC(C)CC(CNC(=O)NCCCC1CCCC1)C(=O)O. The van der Waals surface area contributed by atoms with Gasteiger partial charge in [-0.3, -0.25) is 4.79 Å². The minimum Gasteiger partial charge on any atom is -0.481 e. The van der Waals surface area contributed by atoms with Gasteiger partial charge in [0, 0.05) is 13.1 Å². The molecule has 2 amide bonds. The topological polar surface area (TPSA) is 78.4 Å². The summed E-state index contributed by atoms with van der Waals surface area (Å²) in [6.07, 6.45) is 8.15. The average molecular weight is 298 g/mol. The van der Waals surface area contributed by atoms with Gasteiger partial charge in [0.2, 0.25) is 0 Å². The van der Waals surface area contributed by atoms with Crippen molar-refractivity contribution in [2.24, 2.45) is 17.8 Å². The summed E-state index contributed by atoms with van der Waals surface area (Å²) in [5, 5.41) is 14.6. The highest BCUT2D eigenvalue weighted by Crippen LogP contribution is 2.28. The van der Waals surface area contributed by atoms with Crippen LogP contribution in [0.2, 0.25) is 0 Å². The quantitative estimate of drug-likeness (QED) is 0.573. The second kappa shape index (κ2) is 9.64. The van der Waals surface area contributed by atoms with Crippen LogP contribution >= 0.6 is 0 Å². The van der Waals surface area contributed by atoms with Crippen molar-refractivity contribution in [2.45, 2.75) is 58.8 Å². The largest absolute Gasteiger partial charge is 0.481 e. The summed E-state index contributed by atoms with van der Waals surface area (Å²) in [6.45, 7) is 4.84. The lowest BCUT2D eigenvalue weighted by Crippen LogP contribution is -2.40. The van der Waals surface area contributed by atoms with Crippen LogP contribution < -0.4 is 10.6 Å². The zero-order valence-electron chi connectivity index (χ0n) is 13.4. The molecule has 0 heterocycles. The molecule has 0 bridgehead atoms. The Kier molecular flexibility index (Phi) is 8.16. The number of carbonyl (C=O) groups excluding carboxylic acids is 1. The molecule has 0 aromatic heterocycles. The van der Waals surface area contributed by atoms with Gasteiger partial charge >= 0.3 is 12.0 Å². The molecule has 1 atom stereocenters. The molecule has 5 heteroatoms. The van der Waals surface area contributed by atoms with Crippen LogP contribution in [0.15, 0.2) is 0 Å². The Labute approximate surface area is 127 Å². The summed E-state index contributed by atoms with van der Waals surface area (Å²) in [5.41, 5.74) is 0. The first kappa shape index (κ1) is 17.8. The van der Waals surface area contributed by atoms with E-state index in [1.54, 1.807) is 0 Å². The number of hydrogen-bond donors (Lipinski definition) is 3. The Morgan fingerprint density at radius 2 is 1.86 bits per heavy atom. The number of hydrogen-bond acceptors (Lipinski definition) is 2. The van der Waals surface area contributed by atoms with Crippen LogP contribution in [0.5, 0.6) is 0 Å². The van der Waals surface area contributed by atoms with Gasteiger partial charge in [-0.05, 0) is 31.1 Å². The number of urea groups is 1. The van der Waals surface area contributed by atoms with Crippen LogP contribution in [0.3, 0.4) is 0 Å². The third-order valence-electron chi connectivity index (χ3n) is 4.16. The fourth-order valence-corrected chi connectivity index (χ4v) is 3.01. The number of aliphatic carboxylic acids is 1. The van der Waals surface area contributed by atoms with E-state index in [1.807, 2.05) is 13.8 Å². The molecular formula is C16H30N2O3. The van der Waals surface area contributed by atoms with E-state index >= 15 is 0 Å². The van der Waals surface area contributed by atoms with Crippen LogP contribution in [0.25, 0.3) is 0 Å². The van der Waals surface area contributed by atoms with Gasteiger partial charge < -0.3 is 15.7 Å². The van der Waals surface area contributed by atoms with Crippen LogP contribution in [0.1, 0.15) is 58.8 Å². The third kappa shape index (κ3) is 7.93. The maximum atomic E-state index is 11.6. The van der Waals surface area contributed by atoms with Crippen molar-refractivity contribution in [2.75, 3.05) is 13.1 Å². The van der Waals surface area contributed by atoms with E-state index in [-0.39, 0.29) is 12.6 Å². The molecule has 0 spiro atoms. The smallest absolute Gasteiger partial charge is 0.314 e. The standard InChI is InChI=1S/C16H30N2O3/c1-12(2)10-14(15(19)20)11-18-16(21)17-9-5-8-13-6-3-4-7-13/h12-14H,3-11H2,1-2H3,(H,19,20)(H2,17,18,21). The third-order valence-corrected chi connectivity index (χ3v) is 4.16. The van der Waals surface area contributed by atoms with Gasteiger partial charge in [-0.25, -0.2) is 4.79 Å². The van der Waals surface area contributed by atoms with Crippen molar-refractivity contribution in [3.63, 3.8) is 0 Å². The maximum absolute atomic E-state index is 11.6. The fourth-order valence-electron chi connectivity index (χ4n) is 3.01. The zero-order valence-corrected chi connectivity index (χ0v) is 13.4. The number of carboxylic acid groups (broad SMARTS) is 1. The minimum atomic E-state index is -0.842. The molecule has 0 aromatic carbocycles. The molecule has 21 heavy (non-hydrogen) atoms. The van der Waals surface area contributed by atoms with Crippen LogP contribution in [-0.4, -0.2) is 30.2 Å². The summed E-state index contributed by atoms with van der Waals surface area (Å²) in [5.74, 6) is -0.195. The monoisotopic (exact) mass is 298 g/mol. The van der Waals surface area contributed by atoms with Crippen molar-refractivity contribution < 1.29 is 14.7 Å². The van der Waals surface area contributed by atoms with Crippen molar-refractivity contribution in [1.29, 1.82) is 0 Å². The summed E-state index contributed by atoms with van der Waals surface area (Å²) in [4.78, 5) is 22.7. The van der Waals surface area contributed by atoms with Crippen molar-refractivity contribution >= 4 is 12.0 Å². The number of nitrogens with one attached hydrogen (secondary N) is 2. The number of rotatable bonds is 9. The van der Waals surface area contributed by atoms with E-state index in [0.29, 0.717) is 18.9 Å². The van der Waals surface area contributed by atoms with Gasteiger partial charge in [0.05, 0.1) is 5.92 Å². The predicted molar refractivity (Wildman–Crippen MR) is 83.2 cm³/mol. The lowest BCUT2D eigenvalue weighted by molar-refractivity contribution is -0.142. The predicted octanol–water partition coefficient (Wildman–Crippen LogP) is 3.00. The summed E-state index contributed by atoms with van der Waals surface area (Å²) >= 11 is 0. The van der Waals surface area contributed by atoms with Crippen molar-refractivity contribution in [3.8, 4) is 0 Å². The Hall–Kier alpha value is -1.26. The molecule has 5 nitrogen and oxygen atoms in total. The first-order valence-electron chi connectivity index (χ1n) is 8.23. The average Bonchev–Trinajstić information content (AvgIpc) is 2.92. The maximum Gasteiger partial charge on any atom is 0.314 e. The molecule has 1 unspecified atom stereocenters. The molecule has 1 saturated carbocycles. The fraction of sp³-hybridized carbons (Fsp3) is 0.875. The van der Waals surface area contributed by atoms with Crippen molar-refractivity contribution in [1.82, 2.24) is 10.6 Å². The lowest BCUT2D eigenvalue weighted by Gasteiger charge is -2.16. The van der Waals surface area contributed by atoms with Gasteiger partial charge in [0.1, 0.15) is 0 Å². The molecule has 0 aromatic rings. The van der Waals surface area contributed by atoms with Gasteiger partial charge in [0.15, 0.2) is 0 Å². The van der Waals surface area contributed by atoms with Crippen LogP contribution in [-0.2, 0) is 4.79 Å². The molecule has 0 aliphatic heterocycles. The molecular weight excluding hydrogens is 268 g/mol. The Balaban J connectivity index is 2.09. The number of carbonyl (C=O) groups is 2. The highest BCUT2D eigenvalue weighted by molar-refractivity contribution is 5.75. The Morgan fingerprint density at radius 1 is 1.19 bits per heavy atom. The molecule has 1 aliphatic rings. The van der Waals surface area contributed by atoms with E-state index in [2.05, 4.69) is 10.6 Å². The molecule has 1 aliphatic carbocycles. The summed E-state index contributed by atoms with van der Waals surface area (Å²) in [7, 11) is 0. The number of carboxylic acids is 1. The van der Waals surface area contributed by atoms with Gasteiger partial charge in [0.25, 0.3) is 0 Å². The van der Waals surface area contributed by atoms with Gasteiger partial charge in [-0.1, -0.05) is 39.5 Å². The van der Waals surface area contributed by atoms with Crippen LogP contribution in [0, 0.1) is 17.8 Å². The molecule has 1 fully saturated rings. The molecule has 122 valence electrons. The second-order valence-electron chi connectivity index (χ2n) is 6.59. The summed E-state index contributed by atoms with van der Waals surface area (Å²) < 4.78 is 0. The minimum absolute atomic E-state index is 0.196. The highest BCUT2D eigenvalue weighted by atomic mass is 16.4. The molecule has 0 radical (unpaired) electrons.